The van der Waals surface area contributed by atoms with E-state index in [1.54, 1.807) is 11.8 Å². The van der Waals surface area contributed by atoms with Crippen LogP contribution in [0.1, 0.15) is 11.7 Å². The first kappa shape index (κ1) is 12.2. The molecule has 0 radical (unpaired) electrons. The Morgan fingerprint density at radius 2 is 2.06 bits per heavy atom. The van der Waals surface area contributed by atoms with Gasteiger partial charge in [-0.15, -0.1) is 0 Å². The van der Waals surface area contributed by atoms with Gasteiger partial charge < -0.3 is 5.11 Å². The van der Waals surface area contributed by atoms with Gasteiger partial charge in [-0.25, -0.2) is 9.13 Å². The van der Waals surface area contributed by atoms with Crippen LogP contribution in [0.15, 0.2) is 47.9 Å². The predicted octanol–water partition coefficient (Wildman–Crippen LogP) is 1.68. The molecule has 17 heavy (non-hydrogen) atoms. The van der Waals surface area contributed by atoms with Crippen molar-refractivity contribution in [2.75, 3.05) is 5.75 Å². The predicted molar refractivity (Wildman–Crippen MR) is 68.7 cm³/mol. The lowest BCUT2D eigenvalue weighted by atomic mass is 10.1. The second-order valence-electron chi connectivity index (χ2n) is 4.04. The summed E-state index contributed by atoms with van der Waals surface area (Å²) in [5.41, 5.74) is 0.969. The molecule has 0 fully saturated rings. The molecule has 2 aromatic rings. The molecular weight excluding hydrogens is 232 g/mol. The maximum Gasteiger partial charge on any atom is 0.317 e. The zero-order valence-corrected chi connectivity index (χ0v) is 10.9. The lowest BCUT2D eigenvalue weighted by Crippen LogP contribution is -2.28. The molecular formula is C13H17N2OS+. The first-order valence-electron chi connectivity index (χ1n) is 5.55. The maximum absolute atomic E-state index is 10.1. The van der Waals surface area contributed by atoms with E-state index in [-0.39, 0.29) is 0 Å². The Balaban J connectivity index is 1.99. The molecule has 0 amide bonds. The van der Waals surface area contributed by atoms with Crippen molar-refractivity contribution >= 4 is 11.8 Å². The quantitative estimate of drug-likeness (QED) is 0.660. The summed E-state index contributed by atoms with van der Waals surface area (Å²) in [4.78, 5) is 0. The fraction of sp³-hybridized carbons (Fsp3) is 0.308. The van der Waals surface area contributed by atoms with Gasteiger partial charge in [-0.05, 0) is 17.3 Å². The Morgan fingerprint density at radius 3 is 2.65 bits per heavy atom. The van der Waals surface area contributed by atoms with Crippen molar-refractivity contribution in [1.82, 2.24) is 4.57 Å². The maximum atomic E-state index is 10.1. The summed E-state index contributed by atoms with van der Waals surface area (Å²) < 4.78 is 4.12. The highest BCUT2D eigenvalue weighted by Gasteiger charge is 2.15. The van der Waals surface area contributed by atoms with Gasteiger partial charge in [0.05, 0.1) is 20.2 Å². The van der Waals surface area contributed by atoms with Crippen molar-refractivity contribution in [3.63, 3.8) is 0 Å². The number of benzene rings is 1. The first-order valence-corrected chi connectivity index (χ1v) is 6.54. The summed E-state index contributed by atoms with van der Waals surface area (Å²) in [6, 6.07) is 9.77. The zero-order valence-electron chi connectivity index (χ0n) is 10.1. The Bertz CT molecular complexity index is 462. The van der Waals surface area contributed by atoms with Crippen molar-refractivity contribution < 1.29 is 9.67 Å². The van der Waals surface area contributed by atoms with Gasteiger partial charge in [0.1, 0.15) is 12.4 Å². The van der Waals surface area contributed by atoms with Crippen LogP contribution in [0, 0.1) is 0 Å². The molecule has 0 saturated carbocycles. The van der Waals surface area contributed by atoms with Crippen molar-refractivity contribution in [3.05, 3.63) is 48.3 Å². The fourth-order valence-electron chi connectivity index (χ4n) is 1.70. The number of thioether (sulfide) groups is 1. The highest BCUT2D eigenvalue weighted by atomic mass is 32.2. The molecule has 2 rings (SSSR count). The monoisotopic (exact) mass is 249 g/mol. The molecule has 90 valence electrons. The van der Waals surface area contributed by atoms with E-state index in [2.05, 4.69) is 9.13 Å². The standard InChI is InChI=1S/C13H17N2OS/c1-14-8-9-15(2)13(14)17-10-12(16)11-6-4-3-5-7-11/h3-9,12,16H,10H2,1-2H3/q+1/t12-/m0/s1. The molecule has 1 N–H and O–H groups in total. The topological polar surface area (TPSA) is 29.0 Å². The van der Waals surface area contributed by atoms with E-state index in [1.165, 1.54) is 0 Å². The summed E-state index contributed by atoms with van der Waals surface area (Å²) in [5, 5.41) is 11.2. The summed E-state index contributed by atoms with van der Waals surface area (Å²) in [6.45, 7) is 0. The molecule has 4 heteroatoms. The summed E-state index contributed by atoms with van der Waals surface area (Å²) >= 11 is 1.66. The van der Waals surface area contributed by atoms with E-state index < -0.39 is 6.10 Å². The molecule has 1 atom stereocenters. The Labute approximate surface area is 106 Å². The van der Waals surface area contributed by atoms with Gasteiger partial charge in [-0.2, -0.15) is 0 Å². The second-order valence-corrected chi connectivity index (χ2v) is 5.03. The van der Waals surface area contributed by atoms with E-state index in [0.717, 1.165) is 10.7 Å². The molecule has 0 bridgehead atoms. The van der Waals surface area contributed by atoms with Crippen LogP contribution in [0.25, 0.3) is 0 Å². The average molecular weight is 249 g/mol. The molecule has 0 aliphatic heterocycles. The van der Waals surface area contributed by atoms with Gasteiger partial charge in [0.2, 0.25) is 0 Å². The number of hydrogen-bond acceptors (Lipinski definition) is 2. The van der Waals surface area contributed by atoms with Crippen LogP contribution in [-0.4, -0.2) is 15.4 Å². The van der Waals surface area contributed by atoms with Gasteiger partial charge in [0, 0.05) is 5.75 Å². The van der Waals surface area contributed by atoms with Gasteiger partial charge in [0.15, 0.2) is 0 Å². The van der Waals surface area contributed by atoms with Crippen LogP contribution < -0.4 is 4.57 Å². The highest BCUT2D eigenvalue weighted by Crippen LogP contribution is 2.22. The molecule has 0 spiro atoms. The number of rotatable bonds is 4. The van der Waals surface area contributed by atoms with Gasteiger partial charge in [0.25, 0.3) is 0 Å². The summed E-state index contributed by atoms with van der Waals surface area (Å²) in [6.07, 6.45) is 3.60. The van der Waals surface area contributed by atoms with Crippen LogP contribution in [0.3, 0.4) is 0 Å². The van der Waals surface area contributed by atoms with Crippen LogP contribution in [0.5, 0.6) is 0 Å². The number of aryl methyl sites for hydroxylation is 2. The van der Waals surface area contributed by atoms with Crippen LogP contribution in [0.2, 0.25) is 0 Å². The Kier molecular flexibility index (Phi) is 3.86. The highest BCUT2D eigenvalue weighted by molar-refractivity contribution is 7.99. The largest absolute Gasteiger partial charge is 0.388 e. The Morgan fingerprint density at radius 1 is 1.35 bits per heavy atom. The van der Waals surface area contributed by atoms with E-state index in [1.807, 2.05) is 56.8 Å². The van der Waals surface area contributed by atoms with Crippen molar-refractivity contribution in [1.29, 1.82) is 0 Å². The smallest absolute Gasteiger partial charge is 0.317 e. The summed E-state index contributed by atoms with van der Waals surface area (Å²) in [7, 11) is 4.02. The molecule has 0 aliphatic carbocycles. The van der Waals surface area contributed by atoms with Crippen molar-refractivity contribution in [2.45, 2.75) is 11.3 Å². The van der Waals surface area contributed by atoms with Crippen LogP contribution >= 0.6 is 11.8 Å². The number of nitrogens with zero attached hydrogens (tertiary/aromatic N) is 2. The molecule has 0 aliphatic rings. The zero-order chi connectivity index (χ0) is 12.3. The van der Waals surface area contributed by atoms with E-state index >= 15 is 0 Å². The number of aliphatic hydroxyl groups excluding tert-OH is 1. The minimum Gasteiger partial charge on any atom is -0.388 e. The Hall–Kier alpha value is -1.26. The minimum atomic E-state index is -0.420. The van der Waals surface area contributed by atoms with Gasteiger partial charge in [-0.1, -0.05) is 30.3 Å². The number of imidazole rings is 1. The molecule has 3 nitrogen and oxygen atoms in total. The third-order valence-corrected chi connectivity index (χ3v) is 3.99. The number of aliphatic hydroxyl groups is 1. The third kappa shape index (κ3) is 2.90. The molecule has 1 aromatic heterocycles. The third-order valence-electron chi connectivity index (χ3n) is 2.67. The molecule has 0 saturated heterocycles. The lowest BCUT2D eigenvalue weighted by Gasteiger charge is -2.08. The SMILES string of the molecule is Cn1cc[n+](C)c1SC[C@H](O)c1ccccc1. The molecule has 1 aromatic carbocycles. The summed E-state index contributed by atoms with van der Waals surface area (Å²) in [5.74, 6) is 0.662. The normalized spacial score (nSPS) is 12.6. The van der Waals surface area contributed by atoms with E-state index in [4.69, 9.17) is 0 Å². The van der Waals surface area contributed by atoms with Crippen molar-refractivity contribution in [3.8, 4) is 0 Å². The fourth-order valence-corrected chi connectivity index (χ4v) is 2.73. The number of hydrogen-bond donors (Lipinski definition) is 1. The molecule has 0 unspecified atom stereocenters. The van der Waals surface area contributed by atoms with Crippen LogP contribution in [-0.2, 0) is 14.1 Å². The van der Waals surface area contributed by atoms with Gasteiger partial charge in [-0.3, -0.25) is 0 Å². The van der Waals surface area contributed by atoms with Crippen molar-refractivity contribution in [2.24, 2.45) is 14.1 Å². The van der Waals surface area contributed by atoms with Crippen LogP contribution in [0.4, 0.5) is 0 Å². The minimum absolute atomic E-state index is 0.420. The van der Waals surface area contributed by atoms with E-state index in [0.29, 0.717) is 5.75 Å². The lowest BCUT2D eigenvalue weighted by molar-refractivity contribution is -0.709. The molecule has 1 heterocycles. The van der Waals surface area contributed by atoms with E-state index in [9.17, 15) is 5.11 Å². The van der Waals surface area contributed by atoms with Gasteiger partial charge >= 0.3 is 5.16 Å². The number of aromatic nitrogens is 2. The average Bonchev–Trinajstić information content (AvgIpc) is 2.67. The second kappa shape index (κ2) is 5.38. The first-order chi connectivity index (χ1) is 8.18.